The van der Waals surface area contributed by atoms with Crippen LogP contribution in [0.25, 0.3) is 0 Å². The third-order valence-corrected chi connectivity index (χ3v) is 6.19. The van der Waals surface area contributed by atoms with Crippen molar-refractivity contribution in [1.82, 2.24) is 20.0 Å². The summed E-state index contributed by atoms with van der Waals surface area (Å²) in [5.41, 5.74) is 2.93. The molecule has 30 heavy (non-hydrogen) atoms. The number of rotatable bonds is 5. The molecule has 4 rings (SSSR count). The van der Waals surface area contributed by atoms with Crippen LogP contribution in [-0.4, -0.2) is 71.4 Å². The Labute approximate surface area is 178 Å². The number of hydrogen-bond donors (Lipinski definition) is 1. The van der Waals surface area contributed by atoms with Crippen LogP contribution in [0, 0.1) is 0 Å². The van der Waals surface area contributed by atoms with Gasteiger partial charge in [0.05, 0.1) is 36.8 Å². The Balaban J connectivity index is 1.39. The van der Waals surface area contributed by atoms with Gasteiger partial charge in [0.25, 0.3) is 5.91 Å². The van der Waals surface area contributed by atoms with Crippen LogP contribution in [-0.2, 0) is 11.3 Å². The predicted octanol–water partition coefficient (Wildman–Crippen LogP) is 3.05. The van der Waals surface area contributed by atoms with Gasteiger partial charge in [0.1, 0.15) is 5.75 Å². The molecule has 7 heteroatoms. The molecule has 2 aliphatic heterocycles. The van der Waals surface area contributed by atoms with Gasteiger partial charge in [-0.3, -0.25) is 14.8 Å². The number of para-hydroxylation sites is 1. The lowest BCUT2D eigenvalue weighted by Gasteiger charge is -2.36. The number of nitrogens with zero attached hydrogens (tertiary/aromatic N) is 3. The molecule has 1 amide bonds. The van der Waals surface area contributed by atoms with Crippen LogP contribution in [0.1, 0.15) is 54.2 Å². The monoisotopic (exact) mass is 412 g/mol. The normalized spacial score (nSPS) is 23.5. The van der Waals surface area contributed by atoms with Crippen molar-refractivity contribution in [2.75, 3.05) is 33.3 Å². The van der Waals surface area contributed by atoms with Gasteiger partial charge >= 0.3 is 0 Å². The van der Waals surface area contributed by atoms with E-state index in [1.807, 2.05) is 30.9 Å². The quantitative estimate of drug-likeness (QED) is 0.817. The van der Waals surface area contributed by atoms with Crippen LogP contribution in [0.15, 0.2) is 30.5 Å². The SMILES string of the molecule is COc1ccccc1CN1CCC(c2[nH]ncc2C(=O)N2C[C@@H](C)O[C@H](C)C2)CC1. The zero-order chi connectivity index (χ0) is 21.1. The van der Waals surface area contributed by atoms with Gasteiger partial charge in [0.2, 0.25) is 0 Å². The highest BCUT2D eigenvalue weighted by molar-refractivity contribution is 5.95. The zero-order valence-electron chi connectivity index (χ0n) is 18.1. The summed E-state index contributed by atoms with van der Waals surface area (Å²) in [6, 6.07) is 8.20. The molecule has 2 fully saturated rings. The minimum Gasteiger partial charge on any atom is -0.496 e. The second-order valence-electron chi connectivity index (χ2n) is 8.53. The molecule has 0 bridgehead atoms. The van der Waals surface area contributed by atoms with E-state index in [0.29, 0.717) is 19.0 Å². The molecule has 0 unspecified atom stereocenters. The summed E-state index contributed by atoms with van der Waals surface area (Å²) in [5, 5.41) is 7.36. The highest BCUT2D eigenvalue weighted by atomic mass is 16.5. The van der Waals surface area contributed by atoms with Crippen LogP contribution in [0.5, 0.6) is 5.75 Å². The van der Waals surface area contributed by atoms with Gasteiger partial charge in [0.15, 0.2) is 0 Å². The number of H-pyrrole nitrogens is 1. The summed E-state index contributed by atoms with van der Waals surface area (Å²) in [7, 11) is 1.72. The molecule has 0 aliphatic carbocycles. The van der Waals surface area contributed by atoms with E-state index in [0.717, 1.165) is 49.5 Å². The van der Waals surface area contributed by atoms with Crippen LogP contribution in [0.2, 0.25) is 0 Å². The molecule has 1 aromatic carbocycles. The number of aromatic amines is 1. The maximum Gasteiger partial charge on any atom is 0.257 e. The number of benzene rings is 1. The maximum atomic E-state index is 13.2. The number of likely N-dealkylation sites (tertiary alicyclic amines) is 1. The largest absolute Gasteiger partial charge is 0.496 e. The fourth-order valence-electron chi connectivity index (χ4n) is 4.75. The lowest BCUT2D eigenvalue weighted by molar-refractivity contribution is -0.0586. The molecule has 0 radical (unpaired) electrons. The molecule has 2 saturated heterocycles. The fourth-order valence-corrected chi connectivity index (χ4v) is 4.75. The average molecular weight is 413 g/mol. The molecule has 7 nitrogen and oxygen atoms in total. The second-order valence-corrected chi connectivity index (χ2v) is 8.53. The number of aromatic nitrogens is 2. The Kier molecular flexibility index (Phi) is 6.39. The molecule has 0 saturated carbocycles. The zero-order valence-corrected chi connectivity index (χ0v) is 18.1. The minimum atomic E-state index is 0.0614. The number of amides is 1. The summed E-state index contributed by atoms with van der Waals surface area (Å²) in [4.78, 5) is 17.5. The topological polar surface area (TPSA) is 70.7 Å². The third-order valence-electron chi connectivity index (χ3n) is 6.19. The van der Waals surface area contributed by atoms with Gasteiger partial charge in [-0.15, -0.1) is 0 Å². The molecule has 2 atom stereocenters. The first-order chi connectivity index (χ1) is 14.5. The van der Waals surface area contributed by atoms with E-state index < -0.39 is 0 Å². The summed E-state index contributed by atoms with van der Waals surface area (Å²) >= 11 is 0. The van der Waals surface area contributed by atoms with Gasteiger partial charge in [0, 0.05) is 31.1 Å². The van der Waals surface area contributed by atoms with Gasteiger partial charge in [-0.05, 0) is 45.8 Å². The van der Waals surface area contributed by atoms with E-state index in [1.165, 1.54) is 5.56 Å². The van der Waals surface area contributed by atoms with E-state index in [2.05, 4.69) is 27.2 Å². The molecule has 1 aromatic heterocycles. The number of nitrogens with one attached hydrogen (secondary N) is 1. The van der Waals surface area contributed by atoms with E-state index in [9.17, 15) is 4.79 Å². The molecular weight excluding hydrogens is 380 g/mol. The van der Waals surface area contributed by atoms with Gasteiger partial charge < -0.3 is 14.4 Å². The summed E-state index contributed by atoms with van der Waals surface area (Å²) in [6.45, 7) is 8.15. The molecule has 3 heterocycles. The standard InChI is InChI=1S/C23H32N4O3/c1-16-13-27(14-17(2)30-16)23(28)20-12-24-25-22(20)18-8-10-26(11-9-18)15-19-6-4-5-7-21(19)29-3/h4-7,12,16-18H,8-11,13-15H2,1-3H3,(H,24,25)/t16-,17-/m1/s1. The van der Waals surface area contributed by atoms with Crippen LogP contribution < -0.4 is 4.74 Å². The molecular formula is C23H32N4O3. The van der Waals surface area contributed by atoms with Gasteiger partial charge in [-0.2, -0.15) is 5.10 Å². The van der Waals surface area contributed by atoms with Crippen molar-refractivity contribution in [2.24, 2.45) is 0 Å². The van der Waals surface area contributed by atoms with E-state index in [4.69, 9.17) is 9.47 Å². The first-order valence-electron chi connectivity index (χ1n) is 10.9. The Bertz CT molecular complexity index is 850. The summed E-state index contributed by atoms with van der Waals surface area (Å²) in [5.74, 6) is 1.34. The van der Waals surface area contributed by atoms with Crippen molar-refractivity contribution in [1.29, 1.82) is 0 Å². The summed E-state index contributed by atoms with van der Waals surface area (Å²) < 4.78 is 11.3. The fraction of sp³-hybridized carbons (Fsp3) is 0.565. The van der Waals surface area contributed by atoms with Crippen LogP contribution in [0.3, 0.4) is 0 Å². The van der Waals surface area contributed by atoms with Crippen molar-refractivity contribution in [3.8, 4) is 5.75 Å². The van der Waals surface area contributed by atoms with Crippen molar-refractivity contribution in [3.63, 3.8) is 0 Å². The smallest absolute Gasteiger partial charge is 0.257 e. The second kappa shape index (κ2) is 9.18. The number of morpholine rings is 1. The Morgan fingerprint density at radius 1 is 1.20 bits per heavy atom. The van der Waals surface area contributed by atoms with Crippen molar-refractivity contribution < 1.29 is 14.3 Å². The van der Waals surface area contributed by atoms with E-state index in [-0.39, 0.29) is 18.1 Å². The lowest BCUT2D eigenvalue weighted by Crippen LogP contribution is -2.48. The van der Waals surface area contributed by atoms with Crippen LogP contribution in [0.4, 0.5) is 0 Å². The van der Waals surface area contributed by atoms with E-state index in [1.54, 1.807) is 13.3 Å². The van der Waals surface area contributed by atoms with Crippen molar-refractivity contribution in [2.45, 2.75) is 51.4 Å². The number of piperidine rings is 1. The van der Waals surface area contributed by atoms with Crippen molar-refractivity contribution >= 4 is 5.91 Å². The highest BCUT2D eigenvalue weighted by Crippen LogP contribution is 2.31. The highest BCUT2D eigenvalue weighted by Gasteiger charge is 2.31. The van der Waals surface area contributed by atoms with Gasteiger partial charge in [-0.25, -0.2) is 0 Å². The molecule has 0 spiro atoms. The maximum absolute atomic E-state index is 13.2. The lowest BCUT2D eigenvalue weighted by atomic mass is 9.90. The van der Waals surface area contributed by atoms with Gasteiger partial charge in [-0.1, -0.05) is 18.2 Å². The predicted molar refractivity (Wildman–Crippen MR) is 115 cm³/mol. The Morgan fingerprint density at radius 2 is 1.90 bits per heavy atom. The first kappa shape index (κ1) is 20.9. The number of methoxy groups -OCH3 is 1. The number of hydrogen-bond acceptors (Lipinski definition) is 5. The van der Waals surface area contributed by atoms with Crippen LogP contribution >= 0.6 is 0 Å². The summed E-state index contributed by atoms with van der Waals surface area (Å²) in [6.07, 6.45) is 3.84. The van der Waals surface area contributed by atoms with E-state index >= 15 is 0 Å². The minimum absolute atomic E-state index is 0.0614. The number of carbonyl (C=O) groups is 1. The molecule has 1 N–H and O–H groups in total. The Hall–Kier alpha value is -2.38. The average Bonchev–Trinajstić information content (AvgIpc) is 3.23. The Morgan fingerprint density at radius 3 is 2.60 bits per heavy atom. The number of ether oxygens (including phenoxy) is 2. The number of carbonyl (C=O) groups excluding carboxylic acids is 1. The first-order valence-corrected chi connectivity index (χ1v) is 10.9. The van der Waals surface area contributed by atoms with Crippen molar-refractivity contribution in [3.05, 3.63) is 47.3 Å². The molecule has 2 aliphatic rings. The third kappa shape index (κ3) is 4.52. The molecule has 2 aromatic rings. The molecule has 162 valence electrons.